The fourth-order valence-corrected chi connectivity index (χ4v) is 8.44. The van der Waals surface area contributed by atoms with E-state index in [1.807, 2.05) is 0 Å². The van der Waals surface area contributed by atoms with E-state index in [0.717, 1.165) is 0 Å². The number of aliphatic hydroxyl groups is 4. The van der Waals surface area contributed by atoms with Crippen LogP contribution in [0.3, 0.4) is 0 Å². The Hall–Kier alpha value is -1.22. The lowest BCUT2D eigenvalue weighted by Crippen LogP contribution is -2.61. The highest BCUT2D eigenvalue weighted by Crippen LogP contribution is 2.70. The van der Waals surface area contributed by atoms with Crippen molar-refractivity contribution in [2.24, 2.45) is 28.6 Å². The van der Waals surface area contributed by atoms with Gasteiger partial charge in [-0.3, -0.25) is 9.59 Å². The van der Waals surface area contributed by atoms with Crippen LogP contribution in [0.4, 0.5) is 0 Å². The van der Waals surface area contributed by atoms with Crippen molar-refractivity contribution in [2.45, 2.75) is 109 Å². The van der Waals surface area contributed by atoms with E-state index in [9.17, 15) is 30.0 Å². The van der Waals surface area contributed by atoms with Crippen molar-refractivity contribution in [2.75, 3.05) is 0 Å². The first-order valence-corrected chi connectivity index (χ1v) is 11.7. The van der Waals surface area contributed by atoms with Gasteiger partial charge >= 0.3 is 11.9 Å². The monoisotopic (exact) mass is 454 g/mol. The van der Waals surface area contributed by atoms with Gasteiger partial charge in [0.2, 0.25) is 0 Å². The summed E-state index contributed by atoms with van der Waals surface area (Å²) in [5, 5.41) is 46.6. The quantitative estimate of drug-likeness (QED) is 0.459. The molecule has 2 bridgehead atoms. The Bertz CT molecular complexity index is 819. The van der Waals surface area contributed by atoms with E-state index < -0.39 is 69.7 Å². The molecule has 10 atom stereocenters. The number of hydrogen-bond acceptors (Lipinski definition) is 8. The Morgan fingerprint density at radius 1 is 0.906 bits per heavy atom. The molecular weight excluding hydrogens is 416 g/mol. The third kappa shape index (κ3) is 2.88. The summed E-state index contributed by atoms with van der Waals surface area (Å²) in [6, 6.07) is 0. The molecular formula is C24H38O8. The van der Waals surface area contributed by atoms with Crippen molar-refractivity contribution in [3.63, 3.8) is 0 Å². The van der Waals surface area contributed by atoms with Crippen molar-refractivity contribution in [3.8, 4) is 0 Å². The smallest absolute Gasteiger partial charge is 0.303 e. The van der Waals surface area contributed by atoms with E-state index in [4.69, 9.17) is 9.47 Å². The van der Waals surface area contributed by atoms with Gasteiger partial charge in [-0.2, -0.15) is 0 Å². The molecule has 4 rings (SSSR count). The third-order valence-electron chi connectivity index (χ3n) is 9.80. The molecule has 0 aromatic carbocycles. The largest absolute Gasteiger partial charge is 0.462 e. The van der Waals surface area contributed by atoms with Gasteiger partial charge in [0.1, 0.15) is 17.8 Å². The lowest BCUT2D eigenvalue weighted by molar-refractivity contribution is -0.213. The molecule has 0 aliphatic heterocycles. The molecule has 8 heteroatoms. The zero-order valence-electron chi connectivity index (χ0n) is 19.9. The van der Waals surface area contributed by atoms with E-state index >= 15 is 0 Å². The number of hydrogen-bond donors (Lipinski definition) is 4. The van der Waals surface area contributed by atoms with Crippen molar-refractivity contribution in [3.05, 3.63) is 0 Å². The second-order valence-electron chi connectivity index (χ2n) is 11.9. The van der Waals surface area contributed by atoms with Crippen molar-refractivity contribution in [1.29, 1.82) is 0 Å². The van der Waals surface area contributed by atoms with E-state index in [0.29, 0.717) is 12.8 Å². The molecule has 0 amide bonds. The average Bonchev–Trinajstić information content (AvgIpc) is 2.86. The van der Waals surface area contributed by atoms with Gasteiger partial charge in [-0.1, -0.05) is 13.8 Å². The number of carbonyl (C=O) groups is 2. The standard InChI is InChI=1S/C24H38O8/c1-12(25)31-18-10-23-11-21(5,28)14(19(23)32-13(2)26)7-8-15(23)22(6,29)16-9-17(27)20(3,4)24(16,18)30/h14-19,27-30H,7-11H2,1-6H3/t14-,15+,16+,17+,18+,19-,21-,22-,23+,24+/m1/s1. The Labute approximate surface area is 189 Å². The number of aliphatic hydroxyl groups excluding tert-OH is 1. The molecule has 0 aromatic rings. The van der Waals surface area contributed by atoms with Crippen LogP contribution in [0.1, 0.15) is 73.6 Å². The minimum atomic E-state index is -1.71. The highest BCUT2D eigenvalue weighted by molar-refractivity contribution is 5.67. The Morgan fingerprint density at radius 3 is 2.06 bits per heavy atom. The first-order valence-electron chi connectivity index (χ1n) is 11.7. The number of ether oxygens (including phenoxy) is 2. The van der Waals surface area contributed by atoms with Crippen LogP contribution in [0.5, 0.6) is 0 Å². The second-order valence-corrected chi connectivity index (χ2v) is 11.9. The lowest BCUT2D eigenvalue weighted by Gasteiger charge is -2.51. The first-order chi connectivity index (χ1) is 14.5. The molecule has 4 N–H and O–H groups in total. The molecule has 4 fully saturated rings. The Morgan fingerprint density at radius 2 is 1.50 bits per heavy atom. The van der Waals surface area contributed by atoms with Gasteiger partial charge in [-0.15, -0.1) is 0 Å². The lowest BCUT2D eigenvalue weighted by atomic mass is 9.57. The van der Waals surface area contributed by atoms with Gasteiger partial charge in [0.15, 0.2) is 0 Å². The van der Waals surface area contributed by atoms with Crippen LogP contribution < -0.4 is 0 Å². The predicted molar refractivity (Wildman–Crippen MR) is 113 cm³/mol. The van der Waals surface area contributed by atoms with Gasteiger partial charge in [0.25, 0.3) is 0 Å². The van der Waals surface area contributed by atoms with Gasteiger partial charge in [0.05, 0.1) is 17.3 Å². The van der Waals surface area contributed by atoms with Crippen molar-refractivity contribution < 1.29 is 39.5 Å². The molecule has 4 saturated carbocycles. The normalized spacial score (nSPS) is 53.7. The second kappa shape index (κ2) is 6.90. The summed E-state index contributed by atoms with van der Waals surface area (Å²) in [6.07, 6.45) is -0.950. The van der Waals surface area contributed by atoms with Crippen LogP contribution >= 0.6 is 0 Å². The molecule has 0 unspecified atom stereocenters. The first kappa shape index (κ1) is 23.9. The maximum atomic E-state index is 12.2. The van der Waals surface area contributed by atoms with E-state index in [-0.39, 0.29) is 25.2 Å². The maximum absolute atomic E-state index is 12.2. The van der Waals surface area contributed by atoms with Crippen LogP contribution in [0, 0.1) is 28.6 Å². The van der Waals surface area contributed by atoms with Gasteiger partial charge < -0.3 is 29.9 Å². The summed E-state index contributed by atoms with van der Waals surface area (Å²) in [5.41, 5.74) is -6.25. The SMILES string of the molecule is CC(=O)O[C@@H]1[C@H]2CC[C@H]3[C@@](C)(O)[C@@H]4C[C@H](O)C(C)(C)[C@@]4(O)[C@@H](OC(C)=O)C[C@@]13C[C@@]2(C)O. The summed E-state index contributed by atoms with van der Waals surface area (Å²) in [4.78, 5) is 24.3. The van der Waals surface area contributed by atoms with Gasteiger partial charge in [-0.25, -0.2) is 0 Å². The van der Waals surface area contributed by atoms with Crippen molar-refractivity contribution >= 4 is 11.9 Å². The fourth-order valence-electron chi connectivity index (χ4n) is 8.44. The molecule has 0 aromatic heterocycles. The van der Waals surface area contributed by atoms with Crippen LogP contribution in [0.15, 0.2) is 0 Å². The summed E-state index contributed by atoms with van der Waals surface area (Å²) in [5.74, 6) is -2.56. The van der Waals surface area contributed by atoms with Crippen LogP contribution in [-0.4, -0.2) is 67.5 Å². The van der Waals surface area contributed by atoms with Crippen LogP contribution in [-0.2, 0) is 19.1 Å². The summed E-state index contributed by atoms with van der Waals surface area (Å²) in [6.45, 7) is 9.47. The minimum absolute atomic E-state index is 0.126. The van der Waals surface area contributed by atoms with E-state index in [1.165, 1.54) is 13.8 Å². The van der Waals surface area contributed by atoms with Crippen LogP contribution in [0.2, 0.25) is 0 Å². The van der Waals surface area contributed by atoms with Crippen LogP contribution in [0.25, 0.3) is 0 Å². The average molecular weight is 455 g/mol. The highest BCUT2D eigenvalue weighted by Gasteiger charge is 2.77. The zero-order valence-corrected chi connectivity index (χ0v) is 19.9. The van der Waals surface area contributed by atoms with Gasteiger partial charge in [0, 0.05) is 36.5 Å². The maximum Gasteiger partial charge on any atom is 0.303 e. The molecule has 1 spiro atoms. The molecule has 0 saturated heterocycles. The summed E-state index contributed by atoms with van der Waals surface area (Å²) >= 11 is 0. The molecule has 32 heavy (non-hydrogen) atoms. The predicted octanol–water partition coefficient (Wildman–Crippen LogP) is 1.31. The fraction of sp³-hybridized carbons (Fsp3) is 0.917. The Kier molecular flexibility index (Phi) is 5.16. The number of rotatable bonds is 2. The number of esters is 2. The van der Waals surface area contributed by atoms with Crippen molar-refractivity contribution in [1.82, 2.24) is 0 Å². The molecule has 182 valence electrons. The molecule has 8 nitrogen and oxygen atoms in total. The van der Waals surface area contributed by atoms with E-state index in [1.54, 1.807) is 27.7 Å². The Balaban J connectivity index is 1.95. The van der Waals surface area contributed by atoms with E-state index in [2.05, 4.69) is 0 Å². The summed E-state index contributed by atoms with van der Waals surface area (Å²) in [7, 11) is 0. The third-order valence-corrected chi connectivity index (χ3v) is 9.80. The minimum Gasteiger partial charge on any atom is -0.462 e. The molecule has 0 heterocycles. The molecule has 4 aliphatic carbocycles. The molecule has 4 aliphatic rings. The summed E-state index contributed by atoms with van der Waals surface area (Å²) < 4.78 is 11.6. The topological polar surface area (TPSA) is 134 Å². The molecule has 0 radical (unpaired) electrons. The number of fused-ring (bicyclic) bond motifs is 2. The zero-order chi connectivity index (χ0) is 24.1. The number of carbonyl (C=O) groups excluding carboxylic acids is 2. The highest BCUT2D eigenvalue weighted by atomic mass is 16.6. The van der Waals surface area contributed by atoms with Gasteiger partial charge in [-0.05, 0) is 51.9 Å².